The summed E-state index contributed by atoms with van der Waals surface area (Å²) in [7, 11) is -3.53. The fraction of sp³-hybridized carbons (Fsp3) is 0.214. The minimum absolute atomic E-state index is 0.0915. The highest BCUT2D eigenvalue weighted by molar-refractivity contribution is 7.89. The lowest BCUT2D eigenvalue weighted by Crippen LogP contribution is -2.24. The molecule has 2 rings (SSSR count). The third-order valence-corrected chi connectivity index (χ3v) is 4.38. The van der Waals surface area contributed by atoms with Crippen LogP contribution in [-0.4, -0.2) is 25.1 Å². The molecule has 2 aromatic rings. The molecule has 0 unspecified atom stereocenters. The highest BCUT2D eigenvalue weighted by Crippen LogP contribution is 2.21. The number of hydrogen-bond donors (Lipinski definition) is 3. The highest BCUT2D eigenvalue weighted by Gasteiger charge is 2.16. The summed E-state index contributed by atoms with van der Waals surface area (Å²) in [6.07, 6.45) is 1.35. The zero-order valence-electron chi connectivity index (χ0n) is 11.6. The largest absolute Gasteiger partial charge is 0.506 e. The predicted octanol–water partition coefficient (Wildman–Crippen LogP) is 1.70. The number of sulfonamides is 1. The van der Waals surface area contributed by atoms with E-state index in [1.54, 1.807) is 37.3 Å². The van der Waals surface area contributed by atoms with E-state index in [-0.39, 0.29) is 10.6 Å². The number of aromatic hydroxyl groups is 1. The van der Waals surface area contributed by atoms with Gasteiger partial charge in [-0.2, -0.15) is 0 Å². The minimum atomic E-state index is -3.53. The summed E-state index contributed by atoms with van der Waals surface area (Å²) in [5, 5.41) is 12.2. The molecule has 21 heavy (non-hydrogen) atoms. The maximum absolute atomic E-state index is 12.1. The molecule has 0 atom stereocenters. The van der Waals surface area contributed by atoms with Crippen LogP contribution >= 0.6 is 0 Å². The van der Waals surface area contributed by atoms with E-state index in [2.05, 4.69) is 15.0 Å². The molecule has 1 heterocycles. The smallest absolute Gasteiger partial charge is 0.242 e. The normalized spacial score (nSPS) is 11.3. The summed E-state index contributed by atoms with van der Waals surface area (Å²) in [4.78, 5) is 4.24. The van der Waals surface area contributed by atoms with Gasteiger partial charge in [-0.05, 0) is 24.3 Å². The van der Waals surface area contributed by atoms with Gasteiger partial charge in [-0.25, -0.2) is 13.1 Å². The van der Waals surface area contributed by atoms with E-state index in [0.717, 1.165) is 0 Å². The number of nitrogens with one attached hydrogen (secondary N) is 2. The van der Waals surface area contributed by atoms with Crippen LogP contribution in [0.4, 0.5) is 5.69 Å². The number of anilines is 1. The topological polar surface area (TPSA) is 91.3 Å². The third kappa shape index (κ3) is 3.93. The molecule has 7 heteroatoms. The van der Waals surface area contributed by atoms with Gasteiger partial charge >= 0.3 is 0 Å². The number of pyridine rings is 1. The first-order valence-corrected chi connectivity index (χ1v) is 7.97. The molecule has 1 aromatic heterocycles. The minimum Gasteiger partial charge on any atom is -0.506 e. The number of benzene rings is 1. The molecule has 0 aliphatic carbocycles. The number of para-hydroxylation sites is 1. The molecule has 0 amide bonds. The number of nitrogens with zero attached hydrogens (tertiary/aromatic N) is 1. The Morgan fingerprint density at radius 2 is 1.95 bits per heavy atom. The summed E-state index contributed by atoms with van der Waals surface area (Å²) in [6.45, 7) is 2.42. The van der Waals surface area contributed by atoms with Gasteiger partial charge in [0.15, 0.2) is 0 Å². The highest BCUT2D eigenvalue weighted by atomic mass is 32.2. The van der Waals surface area contributed by atoms with Gasteiger partial charge in [-0.3, -0.25) is 4.98 Å². The van der Waals surface area contributed by atoms with Gasteiger partial charge in [-0.15, -0.1) is 0 Å². The van der Waals surface area contributed by atoms with Crippen molar-refractivity contribution >= 4 is 15.7 Å². The van der Waals surface area contributed by atoms with Crippen molar-refractivity contribution in [2.45, 2.75) is 18.4 Å². The Labute approximate surface area is 123 Å². The van der Waals surface area contributed by atoms with Crippen molar-refractivity contribution in [3.63, 3.8) is 0 Å². The van der Waals surface area contributed by atoms with Gasteiger partial charge < -0.3 is 10.4 Å². The van der Waals surface area contributed by atoms with Crippen molar-refractivity contribution in [3.05, 3.63) is 48.3 Å². The van der Waals surface area contributed by atoms with Crippen molar-refractivity contribution in [2.75, 3.05) is 11.9 Å². The second kappa shape index (κ2) is 6.55. The lowest BCUT2D eigenvalue weighted by Gasteiger charge is -2.12. The van der Waals surface area contributed by atoms with Gasteiger partial charge in [0.05, 0.1) is 24.1 Å². The van der Waals surface area contributed by atoms with Crippen LogP contribution in [0.15, 0.2) is 47.5 Å². The van der Waals surface area contributed by atoms with E-state index in [4.69, 9.17) is 0 Å². The number of hydrogen-bond acceptors (Lipinski definition) is 5. The second-order valence-electron chi connectivity index (χ2n) is 4.36. The lowest BCUT2D eigenvalue weighted by molar-refractivity contribution is 0.472. The van der Waals surface area contributed by atoms with E-state index in [0.29, 0.717) is 24.5 Å². The van der Waals surface area contributed by atoms with Gasteiger partial charge in [0, 0.05) is 6.54 Å². The van der Waals surface area contributed by atoms with E-state index in [9.17, 15) is 13.5 Å². The monoisotopic (exact) mass is 307 g/mol. The van der Waals surface area contributed by atoms with E-state index < -0.39 is 10.0 Å². The molecule has 3 N–H and O–H groups in total. The van der Waals surface area contributed by atoms with Crippen LogP contribution in [0.25, 0.3) is 0 Å². The maximum atomic E-state index is 12.1. The fourth-order valence-electron chi connectivity index (χ4n) is 1.82. The molecule has 1 aromatic carbocycles. The molecule has 0 saturated carbocycles. The molecule has 0 aliphatic rings. The second-order valence-corrected chi connectivity index (χ2v) is 6.09. The Morgan fingerprint density at radius 1 is 1.19 bits per heavy atom. The molecule has 112 valence electrons. The van der Waals surface area contributed by atoms with E-state index >= 15 is 0 Å². The molecule has 0 fully saturated rings. The average molecular weight is 307 g/mol. The van der Waals surface area contributed by atoms with Crippen molar-refractivity contribution < 1.29 is 13.5 Å². The molecule has 0 saturated heterocycles. The summed E-state index contributed by atoms with van der Waals surface area (Å²) in [5.74, 6) is 0.0915. The first-order valence-electron chi connectivity index (χ1n) is 6.49. The third-order valence-electron chi connectivity index (χ3n) is 2.78. The van der Waals surface area contributed by atoms with E-state index in [1.165, 1.54) is 12.3 Å². The Hall–Kier alpha value is -2.12. The predicted molar refractivity (Wildman–Crippen MR) is 80.5 cm³/mol. The van der Waals surface area contributed by atoms with Crippen LogP contribution in [0.1, 0.15) is 12.6 Å². The summed E-state index contributed by atoms with van der Waals surface area (Å²) < 4.78 is 26.7. The molecule has 0 bridgehead atoms. The molecule has 0 radical (unpaired) electrons. The van der Waals surface area contributed by atoms with Crippen molar-refractivity contribution in [1.29, 1.82) is 0 Å². The summed E-state index contributed by atoms with van der Waals surface area (Å²) in [6, 6.07) is 9.88. The lowest BCUT2D eigenvalue weighted by atomic mass is 10.3. The molecule has 6 nitrogen and oxygen atoms in total. The quantitative estimate of drug-likeness (QED) is 0.755. The fourth-order valence-corrected chi connectivity index (χ4v) is 3.04. The Kier molecular flexibility index (Phi) is 4.77. The zero-order valence-corrected chi connectivity index (χ0v) is 12.4. The first kappa shape index (κ1) is 15.3. The van der Waals surface area contributed by atoms with Gasteiger partial charge in [0.25, 0.3) is 0 Å². The number of rotatable bonds is 6. The van der Waals surface area contributed by atoms with Crippen LogP contribution in [0.5, 0.6) is 5.75 Å². The Morgan fingerprint density at radius 3 is 2.62 bits per heavy atom. The van der Waals surface area contributed by atoms with Crippen LogP contribution in [0.3, 0.4) is 0 Å². The van der Waals surface area contributed by atoms with Crippen LogP contribution < -0.4 is 10.0 Å². The zero-order chi connectivity index (χ0) is 15.3. The van der Waals surface area contributed by atoms with Crippen LogP contribution in [0.2, 0.25) is 0 Å². The summed E-state index contributed by atoms with van der Waals surface area (Å²) >= 11 is 0. The first-order chi connectivity index (χ1) is 10.0. The average Bonchev–Trinajstić information content (AvgIpc) is 2.47. The molecular weight excluding hydrogens is 290 g/mol. The Bertz CT molecular complexity index is 700. The van der Waals surface area contributed by atoms with Crippen LogP contribution in [0, 0.1) is 0 Å². The number of aromatic nitrogens is 1. The van der Waals surface area contributed by atoms with E-state index in [1.807, 2.05) is 0 Å². The summed E-state index contributed by atoms with van der Waals surface area (Å²) in [5.41, 5.74) is 1.21. The maximum Gasteiger partial charge on any atom is 0.242 e. The van der Waals surface area contributed by atoms with Crippen molar-refractivity contribution in [1.82, 2.24) is 9.71 Å². The molecule has 0 aliphatic heterocycles. The molecule has 0 spiro atoms. The van der Waals surface area contributed by atoms with Gasteiger partial charge in [0.1, 0.15) is 10.6 Å². The standard InChI is InChI=1S/C14H17N3O3S/c1-2-17-21(19,20)14-6-4-3-5-13(14)16-9-11-7-8-12(18)10-15-11/h3-8,10,16-18H,2,9H2,1H3. The van der Waals surface area contributed by atoms with Gasteiger partial charge in [-0.1, -0.05) is 19.1 Å². The van der Waals surface area contributed by atoms with Crippen molar-refractivity contribution in [3.8, 4) is 5.75 Å². The van der Waals surface area contributed by atoms with Crippen molar-refractivity contribution in [2.24, 2.45) is 0 Å². The SMILES string of the molecule is CCNS(=O)(=O)c1ccccc1NCc1ccc(O)cn1. The van der Waals surface area contributed by atoms with Crippen LogP contribution in [-0.2, 0) is 16.6 Å². The van der Waals surface area contributed by atoms with Gasteiger partial charge in [0.2, 0.25) is 10.0 Å². The Balaban J connectivity index is 2.19. The molecular formula is C14H17N3O3S.